The summed E-state index contributed by atoms with van der Waals surface area (Å²) in [5, 5.41) is 5.49. The second kappa shape index (κ2) is 11.7. The number of hydrogen-bond acceptors (Lipinski definition) is 3. The van der Waals surface area contributed by atoms with Gasteiger partial charge < -0.3 is 10.6 Å². The van der Waals surface area contributed by atoms with Gasteiger partial charge in [-0.15, -0.1) is 0 Å². The Balaban J connectivity index is 1.49. The molecule has 10 heteroatoms. The van der Waals surface area contributed by atoms with Crippen LogP contribution in [0.25, 0.3) is 11.1 Å². The highest BCUT2D eigenvalue weighted by Gasteiger charge is 2.29. The maximum Gasteiger partial charge on any atom is 0.286 e. The summed E-state index contributed by atoms with van der Waals surface area (Å²) in [6, 6.07) is 14.8. The van der Waals surface area contributed by atoms with E-state index in [-0.39, 0.29) is 18.9 Å². The van der Waals surface area contributed by atoms with Crippen LogP contribution in [0.1, 0.15) is 33.2 Å². The number of aromatic nitrogens is 1. The van der Waals surface area contributed by atoms with E-state index in [0.29, 0.717) is 45.6 Å². The lowest BCUT2D eigenvalue weighted by atomic mass is 9.94. The van der Waals surface area contributed by atoms with E-state index in [2.05, 4.69) is 15.6 Å². The minimum absolute atomic E-state index is 0.000287. The highest BCUT2D eigenvalue weighted by atomic mass is 19.2. The lowest BCUT2D eigenvalue weighted by molar-refractivity contribution is -0.420. The molecular weight excluding hydrogens is 536 g/mol. The van der Waals surface area contributed by atoms with Crippen LogP contribution in [0.3, 0.4) is 0 Å². The Labute approximate surface area is 233 Å². The Hall–Kier alpha value is -4.86. The van der Waals surface area contributed by atoms with Crippen LogP contribution in [-0.2, 0) is 17.6 Å². The molecule has 6 nitrogen and oxygen atoms in total. The van der Waals surface area contributed by atoms with E-state index in [4.69, 9.17) is 0 Å². The van der Waals surface area contributed by atoms with Gasteiger partial charge in [0.2, 0.25) is 12.2 Å². The average Bonchev–Trinajstić information content (AvgIpc) is 3.32. The maximum atomic E-state index is 14.1. The van der Waals surface area contributed by atoms with Crippen molar-refractivity contribution in [2.75, 3.05) is 13.6 Å². The lowest BCUT2D eigenvalue weighted by Gasteiger charge is -2.21. The molecule has 5 rings (SSSR count). The Morgan fingerprint density at radius 3 is 2.46 bits per heavy atom. The second-order valence-corrected chi connectivity index (χ2v) is 9.61. The van der Waals surface area contributed by atoms with Crippen molar-refractivity contribution in [2.45, 2.75) is 18.9 Å². The van der Waals surface area contributed by atoms with E-state index in [1.54, 1.807) is 42.6 Å². The molecule has 4 aromatic rings. The third-order valence-corrected chi connectivity index (χ3v) is 6.81. The Morgan fingerprint density at radius 2 is 1.71 bits per heavy atom. The number of halogens is 4. The molecule has 0 saturated heterocycles. The van der Waals surface area contributed by atoms with Crippen LogP contribution in [-0.4, -0.2) is 41.2 Å². The van der Waals surface area contributed by atoms with E-state index in [1.807, 2.05) is 0 Å². The number of pyridine rings is 1. The van der Waals surface area contributed by atoms with E-state index in [9.17, 15) is 27.2 Å². The molecule has 0 aliphatic carbocycles. The molecular formula is C31H25F4N4O2+. The Bertz CT molecular complexity index is 1670. The van der Waals surface area contributed by atoms with Crippen molar-refractivity contribution in [1.82, 2.24) is 15.6 Å². The molecule has 0 radical (unpaired) electrons. The Morgan fingerprint density at radius 1 is 0.951 bits per heavy atom. The van der Waals surface area contributed by atoms with Crippen LogP contribution >= 0.6 is 0 Å². The summed E-state index contributed by atoms with van der Waals surface area (Å²) in [5.74, 6) is -4.27. The minimum atomic E-state index is -1.02. The third kappa shape index (κ3) is 6.16. The molecule has 2 heterocycles. The van der Waals surface area contributed by atoms with Crippen molar-refractivity contribution in [3.63, 3.8) is 0 Å². The normalized spacial score (nSPS) is 12.9. The molecule has 1 aliphatic heterocycles. The summed E-state index contributed by atoms with van der Waals surface area (Å²) in [6.45, 7) is -0.208. The van der Waals surface area contributed by atoms with E-state index >= 15 is 0 Å². The fourth-order valence-corrected chi connectivity index (χ4v) is 4.95. The maximum absolute atomic E-state index is 14.1. The smallest absolute Gasteiger partial charge is 0.286 e. The lowest BCUT2D eigenvalue weighted by Crippen LogP contribution is -2.35. The average molecular weight is 562 g/mol. The zero-order chi connectivity index (χ0) is 29.1. The molecule has 3 aromatic carbocycles. The molecule has 41 heavy (non-hydrogen) atoms. The van der Waals surface area contributed by atoms with Crippen molar-refractivity contribution >= 4 is 23.7 Å². The number of nitrogens with zero attached hydrogens (tertiary/aromatic N) is 2. The molecule has 1 aliphatic rings. The largest absolute Gasteiger partial charge is 0.355 e. The predicted octanol–water partition coefficient (Wildman–Crippen LogP) is 5.04. The van der Waals surface area contributed by atoms with Crippen LogP contribution in [0.15, 0.2) is 72.9 Å². The standard InChI is InChI=1S/C31H24F4N4O2/c1-36-31(41)21-5-2-4-19(13-21)24-6-3-8-37-30(24)27(12-18-10-22(32)15-23(33)11-18)38-29(40)17-39-9-7-20-14-25(34)26(35)16-28(20)39/h2-6,8-11,13-16,27H,7,12,17H2,1H3,(H-,36,38,40,41)/p+1/t27-/m0/s1. The molecule has 0 saturated carbocycles. The summed E-state index contributed by atoms with van der Waals surface area (Å²) < 4.78 is 57.3. The van der Waals surface area contributed by atoms with Gasteiger partial charge in [0.15, 0.2) is 17.8 Å². The van der Waals surface area contributed by atoms with Crippen molar-refractivity contribution in [2.24, 2.45) is 0 Å². The Kier molecular flexibility index (Phi) is 7.91. The van der Waals surface area contributed by atoms with E-state index < -0.39 is 35.2 Å². The first-order valence-electron chi connectivity index (χ1n) is 12.8. The van der Waals surface area contributed by atoms with Gasteiger partial charge in [-0.3, -0.25) is 14.6 Å². The second-order valence-electron chi connectivity index (χ2n) is 9.61. The first-order chi connectivity index (χ1) is 19.7. The highest BCUT2D eigenvalue weighted by Crippen LogP contribution is 2.30. The van der Waals surface area contributed by atoms with Crippen molar-refractivity contribution in [3.05, 3.63) is 119 Å². The number of fused-ring (bicyclic) bond motifs is 1. The van der Waals surface area contributed by atoms with Crippen LogP contribution < -0.4 is 10.6 Å². The topological polar surface area (TPSA) is 74.1 Å². The van der Waals surface area contributed by atoms with Gasteiger partial charge in [0, 0.05) is 42.1 Å². The SMILES string of the molecule is CNC(=O)c1cccc(-c2cccnc2[C@H](Cc2cc(F)cc(F)c2)NC(=O)C[N+]2=CCc3cc(F)c(F)cc32)c1. The van der Waals surface area contributed by atoms with Crippen molar-refractivity contribution in [3.8, 4) is 11.1 Å². The van der Waals surface area contributed by atoms with Crippen molar-refractivity contribution in [1.29, 1.82) is 0 Å². The number of rotatable bonds is 8. The van der Waals surface area contributed by atoms with Gasteiger partial charge in [-0.05, 0) is 53.9 Å². The van der Waals surface area contributed by atoms with Crippen LogP contribution in [0, 0.1) is 23.3 Å². The van der Waals surface area contributed by atoms with Gasteiger partial charge in [-0.1, -0.05) is 18.2 Å². The van der Waals surface area contributed by atoms with Gasteiger partial charge in [0.25, 0.3) is 11.8 Å². The number of benzene rings is 3. The van der Waals surface area contributed by atoms with E-state index in [1.165, 1.54) is 30.0 Å². The van der Waals surface area contributed by atoms with Gasteiger partial charge in [-0.2, -0.15) is 4.58 Å². The molecule has 1 aromatic heterocycles. The monoisotopic (exact) mass is 561 g/mol. The highest BCUT2D eigenvalue weighted by molar-refractivity contribution is 5.95. The summed E-state index contributed by atoms with van der Waals surface area (Å²) >= 11 is 0. The molecule has 0 bridgehead atoms. The fraction of sp³-hybridized carbons (Fsp3) is 0.161. The predicted molar refractivity (Wildman–Crippen MR) is 145 cm³/mol. The molecule has 2 amide bonds. The third-order valence-electron chi connectivity index (χ3n) is 6.81. The van der Waals surface area contributed by atoms with Crippen molar-refractivity contribution < 1.29 is 31.7 Å². The van der Waals surface area contributed by atoms with Gasteiger partial charge in [0.05, 0.1) is 18.2 Å². The van der Waals surface area contributed by atoms with Crippen LogP contribution in [0.2, 0.25) is 0 Å². The number of nitrogens with one attached hydrogen (secondary N) is 2. The molecule has 2 N–H and O–H groups in total. The molecule has 0 spiro atoms. The first kappa shape index (κ1) is 27.7. The number of carbonyl (C=O) groups excluding carboxylic acids is 2. The van der Waals surface area contributed by atoms with Crippen LogP contribution in [0.4, 0.5) is 23.2 Å². The molecule has 0 fully saturated rings. The zero-order valence-corrected chi connectivity index (χ0v) is 21.9. The van der Waals surface area contributed by atoms with Crippen LogP contribution in [0.5, 0.6) is 0 Å². The molecule has 1 atom stereocenters. The molecule has 0 unspecified atom stereocenters. The fourth-order valence-electron chi connectivity index (χ4n) is 4.95. The summed E-state index contributed by atoms with van der Waals surface area (Å²) in [5.41, 5.74) is 3.31. The zero-order valence-electron chi connectivity index (χ0n) is 21.9. The summed E-state index contributed by atoms with van der Waals surface area (Å²) in [6.07, 6.45) is 3.53. The number of carbonyl (C=O) groups is 2. The summed E-state index contributed by atoms with van der Waals surface area (Å²) in [7, 11) is 1.52. The van der Waals surface area contributed by atoms with Gasteiger partial charge in [-0.25, -0.2) is 17.6 Å². The van der Waals surface area contributed by atoms with E-state index in [0.717, 1.165) is 18.2 Å². The number of hydrogen-bond donors (Lipinski definition) is 2. The molecule has 208 valence electrons. The summed E-state index contributed by atoms with van der Waals surface area (Å²) in [4.78, 5) is 30.1. The minimum Gasteiger partial charge on any atom is -0.355 e. The number of amides is 2. The first-order valence-corrected chi connectivity index (χ1v) is 12.8. The van der Waals surface area contributed by atoms with Gasteiger partial charge in [0.1, 0.15) is 11.6 Å². The van der Waals surface area contributed by atoms with Gasteiger partial charge >= 0.3 is 0 Å². The quantitative estimate of drug-likeness (QED) is 0.234.